The first kappa shape index (κ1) is 19.9. The van der Waals surface area contributed by atoms with Gasteiger partial charge in [-0.1, -0.05) is 6.07 Å². The molecule has 1 aromatic carbocycles. The maximum absolute atomic E-state index is 12.5. The molecule has 10 heteroatoms. The Morgan fingerprint density at radius 2 is 1.82 bits per heavy atom. The Morgan fingerprint density at radius 3 is 2.39 bits per heavy atom. The Labute approximate surface area is 162 Å². The van der Waals surface area contributed by atoms with Gasteiger partial charge >= 0.3 is 0 Å². The topological polar surface area (TPSA) is 117 Å². The van der Waals surface area contributed by atoms with E-state index in [1.807, 2.05) is 0 Å². The molecule has 3 aromatic rings. The molecular weight excluding hydrogens is 386 g/mol. The zero-order chi connectivity index (χ0) is 20.1. The Balaban J connectivity index is 2.20. The number of nitrogens with zero attached hydrogens (tertiary/aromatic N) is 3. The smallest absolute Gasteiger partial charge is 0.204 e. The number of hydrogen-bond acceptors (Lipinski definition) is 8. The molecule has 0 aliphatic carbocycles. The van der Waals surface area contributed by atoms with Crippen molar-refractivity contribution in [3.8, 4) is 28.8 Å². The maximum Gasteiger partial charge on any atom is 0.204 e. The van der Waals surface area contributed by atoms with Gasteiger partial charge in [0.15, 0.2) is 21.4 Å². The van der Waals surface area contributed by atoms with E-state index in [0.29, 0.717) is 28.8 Å². The third kappa shape index (κ3) is 4.02. The SMILES string of the molecule is COc1cccc(OC)c1-n1c(CS(=O)(=O)CCCO)nnc1-c1ccco1. The molecule has 0 spiro atoms. The lowest BCUT2D eigenvalue weighted by Gasteiger charge is -2.16. The second-order valence-electron chi connectivity index (χ2n) is 5.93. The molecule has 0 radical (unpaired) electrons. The number of aromatic nitrogens is 3. The summed E-state index contributed by atoms with van der Waals surface area (Å²) in [5.74, 6) is 1.32. The second-order valence-corrected chi connectivity index (χ2v) is 8.12. The summed E-state index contributed by atoms with van der Waals surface area (Å²) < 4.78 is 42.9. The minimum Gasteiger partial charge on any atom is -0.494 e. The van der Waals surface area contributed by atoms with Gasteiger partial charge in [0.2, 0.25) is 5.82 Å². The molecule has 9 nitrogen and oxygen atoms in total. The predicted octanol–water partition coefficient (Wildman–Crippen LogP) is 1.84. The maximum atomic E-state index is 12.5. The van der Waals surface area contributed by atoms with E-state index in [1.54, 1.807) is 34.9 Å². The summed E-state index contributed by atoms with van der Waals surface area (Å²) >= 11 is 0. The molecule has 0 saturated carbocycles. The zero-order valence-electron chi connectivity index (χ0n) is 15.5. The van der Waals surface area contributed by atoms with E-state index in [4.69, 9.17) is 19.0 Å². The number of ether oxygens (including phenoxy) is 2. The lowest BCUT2D eigenvalue weighted by Crippen LogP contribution is -2.15. The average molecular weight is 407 g/mol. The van der Waals surface area contributed by atoms with Gasteiger partial charge < -0.3 is 19.0 Å². The number of aliphatic hydroxyl groups excluding tert-OH is 1. The van der Waals surface area contributed by atoms with Crippen molar-refractivity contribution in [3.05, 3.63) is 42.4 Å². The molecule has 0 bridgehead atoms. The first-order chi connectivity index (χ1) is 13.5. The Hall–Kier alpha value is -2.85. The molecule has 0 amide bonds. The minimum atomic E-state index is -3.52. The first-order valence-electron chi connectivity index (χ1n) is 8.51. The zero-order valence-corrected chi connectivity index (χ0v) is 16.3. The third-order valence-corrected chi connectivity index (χ3v) is 5.67. The van der Waals surface area contributed by atoms with Crippen molar-refractivity contribution in [1.82, 2.24) is 14.8 Å². The molecule has 0 saturated heterocycles. The van der Waals surface area contributed by atoms with Crippen LogP contribution in [0.4, 0.5) is 0 Å². The van der Waals surface area contributed by atoms with Crippen LogP contribution in [0.1, 0.15) is 12.2 Å². The molecule has 0 unspecified atom stereocenters. The van der Waals surface area contributed by atoms with Gasteiger partial charge in [0.25, 0.3) is 0 Å². The number of rotatable bonds is 9. The summed E-state index contributed by atoms with van der Waals surface area (Å²) in [6.45, 7) is -0.204. The third-order valence-electron chi connectivity index (χ3n) is 4.06. The number of furan rings is 1. The number of para-hydroxylation sites is 1. The summed E-state index contributed by atoms with van der Waals surface area (Å²) in [7, 11) is -0.504. The van der Waals surface area contributed by atoms with E-state index in [0.717, 1.165) is 0 Å². The average Bonchev–Trinajstić information content (AvgIpc) is 3.35. The van der Waals surface area contributed by atoms with Crippen LogP contribution in [-0.4, -0.2) is 54.9 Å². The molecule has 150 valence electrons. The largest absolute Gasteiger partial charge is 0.494 e. The van der Waals surface area contributed by atoms with Gasteiger partial charge in [-0.15, -0.1) is 10.2 Å². The molecule has 28 heavy (non-hydrogen) atoms. The highest BCUT2D eigenvalue weighted by Gasteiger charge is 2.26. The quantitative estimate of drug-likeness (QED) is 0.571. The minimum absolute atomic E-state index is 0.152. The fraction of sp³-hybridized carbons (Fsp3) is 0.333. The van der Waals surface area contributed by atoms with Gasteiger partial charge in [-0.2, -0.15) is 0 Å². The van der Waals surface area contributed by atoms with Crippen molar-refractivity contribution in [2.45, 2.75) is 12.2 Å². The van der Waals surface area contributed by atoms with Crippen molar-refractivity contribution >= 4 is 9.84 Å². The first-order valence-corrected chi connectivity index (χ1v) is 10.3. The second kappa shape index (κ2) is 8.44. The van der Waals surface area contributed by atoms with E-state index >= 15 is 0 Å². The summed E-state index contributed by atoms with van der Waals surface area (Å²) in [4.78, 5) is 0. The Morgan fingerprint density at radius 1 is 1.11 bits per heavy atom. The van der Waals surface area contributed by atoms with Crippen molar-refractivity contribution in [2.24, 2.45) is 0 Å². The Bertz CT molecular complexity index is 1010. The molecule has 3 rings (SSSR count). The van der Waals surface area contributed by atoms with Crippen LogP contribution in [0.2, 0.25) is 0 Å². The van der Waals surface area contributed by atoms with Crippen molar-refractivity contribution in [2.75, 3.05) is 26.6 Å². The molecular formula is C18H21N3O6S. The number of methoxy groups -OCH3 is 2. The van der Waals surface area contributed by atoms with Gasteiger partial charge in [0.1, 0.15) is 22.9 Å². The lowest BCUT2D eigenvalue weighted by molar-refractivity contribution is 0.295. The number of sulfone groups is 1. The van der Waals surface area contributed by atoms with Crippen LogP contribution in [0.5, 0.6) is 11.5 Å². The van der Waals surface area contributed by atoms with Crippen LogP contribution in [0.3, 0.4) is 0 Å². The number of hydrogen-bond donors (Lipinski definition) is 1. The van der Waals surface area contributed by atoms with Crippen LogP contribution in [0, 0.1) is 0 Å². The van der Waals surface area contributed by atoms with Gasteiger partial charge in [-0.05, 0) is 30.7 Å². The molecule has 2 aromatic heterocycles. The molecule has 0 fully saturated rings. The highest BCUT2D eigenvalue weighted by molar-refractivity contribution is 7.90. The predicted molar refractivity (Wildman–Crippen MR) is 101 cm³/mol. The fourth-order valence-corrected chi connectivity index (χ4v) is 4.11. The van der Waals surface area contributed by atoms with E-state index in [-0.39, 0.29) is 30.4 Å². The van der Waals surface area contributed by atoms with Gasteiger partial charge in [-0.3, -0.25) is 4.57 Å². The van der Waals surface area contributed by atoms with Crippen molar-refractivity contribution in [1.29, 1.82) is 0 Å². The fourth-order valence-electron chi connectivity index (χ4n) is 2.82. The van der Waals surface area contributed by atoms with Crippen LogP contribution in [0.25, 0.3) is 17.3 Å². The van der Waals surface area contributed by atoms with Crippen LogP contribution in [-0.2, 0) is 15.6 Å². The molecule has 0 aliphatic rings. The molecule has 0 aliphatic heterocycles. The van der Waals surface area contributed by atoms with Gasteiger partial charge in [0.05, 0.1) is 26.2 Å². The van der Waals surface area contributed by atoms with E-state index in [2.05, 4.69) is 10.2 Å². The lowest BCUT2D eigenvalue weighted by atomic mass is 10.2. The van der Waals surface area contributed by atoms with E-state index < -0.39 is 9.84 Å². The van der Waals surface area contributed by atoms with Gasteiger partial charge in [-0.25, -0.2) is 8.42 Å². The normalized spacial score (nSPS) is 11.5. The number of benzene rings is 1. The summed E-state index contributed by atoms with van der Waals surface area (Å²) in [5, 5.41) is 17.2. The van der Waals surface area contributed by atoms with Crippen LogP contribution >= 0.6 is 0 Å². The van der Waals surface area contributed by atoms with E-state index in [1.165, 1.54) is 20.5 Å². The van der Waals surface area contributed by atoms with Crippen LogP contribution in [0.15, 0.2) is 41.0 Å². The number of aliphatic hydroxyl groups is 1. The van der Waals surface area contributed by atoms with E-state index in [9.17, 15) is 8.42 Å². The standard InChI is InChI=1S/C18H21N3O6S/c1-25-13-6-3-7-14(26-2)17(13)21-16(12-28(23,24)11-5-9-22)19-20-18(21)15-8-4-10-27-15/h3-4,6-8,10,22H,5,9,11-12H2,1-2H3. The molecule has 0 atom stereocenters. The summed E-state index contributed by atoms with van der Waals surface area (Å²) in [6.07, 6.45) is 1.64. The summed E-state index contributed by atoms with van der Waals surface area (Å²) in [6, 6.07) is 8.62. The van der Waals surface area contributed by atoms with Gasteiger partial charge in [0, 0.05) is 6.61 Å². The van der Waals surface area contributed by atoms with Crippen molar-refractivity contribution in [3.63, 3.8) is 0 Å². The Kier molecular flexibility index (Phi) is 6.00. The molecule has 2 heterocycles. The summed E-state index contributed by atoms with van der Waals surface area (Å²) in [5.41, 5.74) is 0.469. The highest BCUT2D eigenvalue weighted by atomic mass is 32.2. The molecule has 1 N–H and O–H groups in total. The van der Waals surface area contributed by atoms with Crippen LogP contribution < -0.4 is 9.47 Å². The highest BCUT2D eigenvalue weighted by Crippen LogP contribution is 2.36. The monoisotopic (exact) mass is 407 g/mol. The van der Waals surface area contributed by atoms with Crippen molar-refractivity contribution < 1.29 is 27.4 Å².